The van der Waals surface area contributed by atoms with Crippen molar-refractivity contribution in [2.45, 2.75) is 0 Å². The number of aromatic nitrogens is 2. The van der Waals surface area contributed by atoms with E-state index in [1.807, 2.05) is 0 Å². The lowest BCUT2D eigenvalue weighted by Crippen LogP contribution is -1.99. The zero-order valence-electron chi connectivity index (χ0n) is 12.2. The fraction of sp³-hybridized carbons (Fsp3) is 0.0625. The van der Waals surface area contributed by atoms with Crippen molar-refractivity contribution < 1.29 is 14.8 Å². The van der Waals surface area contributed by atoms with Gasteiger partial charge >= 0.3 is 0 Å². The molecule has 3 rings (SSSR count). The smallest absolute Gasteiger partial charge is 0.269 e. The van der Waals surface area contributed by atoms with Crippen LogP contribution < -0.4 is 4.74 Å². The number of nitrogens with zero attached hydrogens (tertiary/aromatic N) is 3. The van der Waals surface area contributed by atoms with Crippen molar-refractivity contribution in [3.8, 4) is 28.4 Å². The van der Waals surface area contributed by atoms with E-state index < -0.39 is 4.92 Å². The van der Waals surface area contributed by atoms with Crippen molar-refractivity contribution in [2.24, 2.45) is 0 Å². The van der Waals surface area contributed by atoms with Gasteiger partial charge in [0.1, 0.15) is 11.5 Å². The lowest BCUT2D eigenvalue weighted by molar-refractivity contribution is -0.384. The number of nitro groups is 1. The second-order valence-electron chi connectivity index (χ2n) is 4.78. The second kappa shape index (κ2) is 5.80. The molecule has 0 radical (unpaired) electrons. The molecule has 3 aromatic rings. The maximum Gasteiger partial charge on any atom is 0.269 e. The summed E-state index contributed by atoms with van der Waals surface area (Å²) in [5.74, 6) is 0.612. The zero-order valence-corrected chi connectivity index (χ0v) is 12.2. The summed E-state index contributed by atoms with van der Waals surface area (Å²) in [4.78, 5) is 10.3. The number of rotatable bonds is 4. The van der Waals surface area contributed by atoms with E-state index >= 15 is 0 Å². The van der Waals surface area contributed by atoms with Gasteiger partial charge in [-0.15, -0.1) is 0 Å². The number of aromatic hydroxyl groups is 1. The summed E-state index contributed by atoms with van der Waals surface area (Å²) < 4.78 is 6.67. The quantitative estimate of drug-likeness (QED) is 0.590. The third-order valence-corrected chi connectivity index (χ3v) is 3.43. The first kappa shape index (κ1) is 14.6. The van der Waals surface area contributed by atoms with E-state index in [9.17, 15) is 15.2 Å². The fourth-order valence-electron chi connectivity index (χ4n) is 2.28. The molecule has 0 aliphatic heterocycles. The fourth-order valence-corrected chi connectivity index (χ4v) is 2.28. The van der Waals surface area contributed by atoms with E-state index in [4.69, 9.17) is 4.74 Å². The summed E-state index contributed by atoms with van der Waals surface area (Å²) in [5.41, 5.74) is 1.92. The average molecular weight is 311 g/mol. The first-order valence-electron chi connectivity index (χ1n) is 6.76. The van der Waals surface area contributed by atoms with Crippen LogP contribution in [0.15, 0.2) is 54.7 Å². The molecular weight excluding hydrogens is 298 g/mol. The monoisotopic (exact) mass is 311 g/mol. The van der Waals surface area contributed by atoms with Gasteiger partial charge in [-0.1, -0.05) is 0 Å². The molecule has 0 unspecified atom stereocenters. The number of phenols is 1. The van der Waals surface area contributed by atoms with Crippen molar-refractivity contribution in [3.63, 3.8) is 0 Å². The number of phenolic OH excluding ortho intramolecular Hbond substituents is 1. The van der Waals surface area contributed by atoms with E-state index in [-0.39, 0.29) is 11.4 Å². The Bertz CT molecular complexity index is 856. The summed E-state index contributed by atoms with van der Waals surface area (Å²) in [6.07, 6.45) is 1.60. The normalized spacial score (nSPS) is 10.5. The van der Waals surface area contributed by atoms with Crippen LogP contribution >= 0.6 is 0 Å². The second-order valence-corrected chi connectivity index (χ2v) is 4.78. The molecule has 1 aromatic heterocycles. The van der Waals surface area contributed by atoms with Crippen LogP contribution in [0.25, 0.3) is 16.9 Å². The van der Waals surface area contributed by atoms with Crippen LogP contribution in [0, 0.1) is 10.1 Å². The van der Waals surface area contributed by atoms with Gasteiger partial charge in [0.25, 0.3) is 5.69 Å². The number of methoxy groups -OCH3 is 1. The van der Waals surface area contributed by atoms with E-state index in [1.165, 1.54) is 25.3 Å². The van der Waals surface area contributed by atoms with Crippen molar-refractivity contribution in [3.05, 3.63) is 64.8 Å². The highest BCUT2D eigenvalue weighted by Gasteiger charge is 2.13. The molecule has 1 heterocycles. The van der Waals surface area contributed by atoms with Crippen molar-refractivity contribution in [2.75, 3.05) is 7.11 Å². The summed E-state index contributed by atoms with van der Waals surface area (Å²) >= 11 is 0. The van der Waals surface area contributed by atoms with Crippen LogP contribution in [-0.4, -0.2) is 26.9 Å². The van der Waals surface area contributed by atoms with Crippen LogP contribution in [0.1, 0.15) is 0 Å². The van der Waals surface area contributed by atoms with E-state index in [2.05, 4.69) is 5.10 Å². The Morgan fingerprint density at radius 3 is 2.52 bits per heavy atom. The summed E-state index contributed by atoms with van der Waals surface area (Å²) in [7, 11) is 1.52. The van der Waals surface area contributed by atoms with Gasteiger partial charge in [-0.2, -0.15) is 5.10 Å². The Labute approximate surface area is 131 Å². The first-order chi connectivity index (χ1) is 11.1. The molecule has 116 valence electrons. The number of non-ortho nitro benzene ring substituents is 1. The molecular formula is C16H13N3O4. The minimum atomic E-state index is -0.455. The van der Waals surface area contributed by atoms with Crippen molar-refractivity contribution in [1.29, 1.82) is 0 Å². The van der Waals surface area contributed by atoms with Gasteiger partial charge in [0.05, 0.1) is 29.6 Å². The minimum absolute atomic E-state index is 0.00903. The molecule has 0 saturated carbocycles. The standard InChI is InChI=1S/C16H13N3O4/c1-23-13-6-7-14(16(20)10-13)15-8-9-17-18(15)11-2-4-12(5-3-11)19(21)22/h2-10,20H,1H3. The Balaban J connectivity index is 2.04. The first-order valence-corrected chi connectivity index (χ1v) is 6.76. The topological polar surface area (TPSA) is 90.4 Å². The Hall–Kier alpha value is -3.35. The van der Waals surface area contributed by atoms with E-state index in [1.54, 1.807) is 41.2 Å². The summed E-state index contributed by atoms with van der Waals surface area (Å²) in [6.45, 7) is 0. The maximum atomic E-state index is 10.7. The van der Waals surface area contributed by atoms with E-state index in [0.717, 1.165) is 0 Å². The number of ether oxygens (including phenoxy) is 1. The third kappa shape index (κ3) is 2.71. The third-order valence-electron chi connectivity index (χ3n) is 3.43. The zero-order chi connectivity index (χ0) is 16.4. The average Bonchev–Trinajstić information content (AvgIpc) is 3.04. The molecule has 7 nitrogen and oxygen atoms in total. The predicted molar refractivity (Wildman–Crippen MR) is 83.9 cm³/mol. The molecule has 0 bridgehead atoms. The molecule has 0 amide bonds. The van der Waals surface area contributed by atoms with Crippen molar-refractivity contribution in [1.82, 2.24) is 9.78 Å². The lowest BCUT2D eigenvalue weighted by Gasteiger charge is -2.10. The molecule has 0 spiro atoms. The van der Waals surface area contributed by atoms with Crippen molar-refractivity contribution >= 4 is 5.69 Å². The van der Waals surface area contributed by atoms with Crippen LogP contribution in [0.2, 0.25) is 0 Å². The Morgan fingerprint density at radius 2 is 1.91 bits per heavy atom. The molecule has 0 atom stereocenters. The van der Waals surface area contributed by atoms with Crippen LogP contribution in [-0.2, 0) is 0 Å². The van der Waals surface area contributed by atoms with Gasteiger partial charge in [0.2, 0.25) is 0 Å². The highest BCUT2D eigenvalue weighted by molar-refractivity contribution is 5.69. The lowest BCUT2D eigenvalue weighted by atomic mass is 10.1. The summed E-state index contributed by atoms with van der Waals surface area (Å²) in [5, 5.41) is 25.1. The largest absolute Gasteiger partial charge is 0.507 e. The van der Waals surface area contributed by atoms with Gasteiger partial charge in [-0.25, -0.2) is 4.68 Å². The van der Waals surface area contributed by atoms with Gasteiger partial charge in [0, 0.05) is 23.8 Å². The van der Waals surface area contributed by atoms with E-state index in [0.29, 0.717) is 22.7 Å². The number of nitro benzene ring substituents is 1. The molecule has 23 heavy (non-hydrogen) atoms. The van der Waals surface area contributed by atoms with Crippen LogP contribution in [0.3, 0.4) is 0 Å². The molecule has 0 aliphatic rings. The van der Waals surface area contributed by atoms with Crippen LogP contribution in [0.5, 0.6) is 11.5 Å². The van der Waals surface area contributed by atoms with Gasteiger partial charge < -0.3 is 9.84 Å². The molecule has 1 N–H and O–H groups in total. The highest BCUT2D eigenvalue weighted by atomic mass is 16.6. The predicted octanol–water partition coefficient (Wildman–Crippen LogP) is 3.16. The molecule has 2 aromatic carbocycles. The van der Waals surface area contributed by atoms with Gasteiger partial charge in [0.15, 0.2) is 0 Å². The number of benzene rings is 2. The Morgan fingerprint density at radius 1 is 1.17 bits per heavy atom. The summed E-state index contributed by atoms with van der Waals surface area (Å²) in [6, 6.07) is 12.8. The molecule has 0 fully saturated rings. The van der Waals surface area contributed by atoms with Gasteiger partial charge in [-0.3, -0.25) is 10.1 Å². The Kier molecular flexibility index (Phi) is 3.68. The maximum absolute atomic E-state index is 10.7. The number of hydrogen-bond acceptors (Lipinski definition) is 5. The SMILES string of the molecule is COc1ccc(-c2ccnn2-c2ccc([N+](=O)[O-])cc2)c(O)c1. The minimum Gasteiger partial charge on any atom is -0.507 e. The molecule has 0 saturated heterocycles. The number of hydrogen-bond donors (Lipinski definition) is 1. The van der Waals surface area contributed by atoms with Gasteiger partial charge in [-0.05, 0) is 30.3 Å². The van der Waals surface area contributed by atoms with Crippen LogP contribution in [0.4, 0.5) is 5.69 Å². The molecule has 7 heteroatoms. The highest BCUT2D eigenvalue weighted by Crippen LogP contribution is 2.33. The molecule has 0 aliphatic carbocycles.